The van der Waals surface area contributed by atoms with Crippen molar-refractivity contribution >= 4 is 11.9 Å². The topological polar surface area (TPSA) is 103 Å². The first-order valence-corrected chi connectivity index (χ1v) is 8.24. The van der Waals surface area contributed by atoms with Gasteiger partial charge >= 0.3 is 5.97 Å². The number of para-hydroxylation sites is 1. The molecule has 1 aromatic carbocycles. The summed E-state index contributed by atoms with van der Waals surface area (Å²) in [6.07, 6.45) is 1.59. The van der Waals surface area contributed by atoms with Gasteiger partial charge in [0.2, 0.25) is 0 Å². The van der Waals surface area contributed by atoms with Gasteiger partial charge in [0, 0.05) is 7.11 Å². The molecule has 8 heteroatoms. The zero-order valence-electron chi connectivity index (χ0n) is 15.0. The maximum atomic E-state index is 12.6. The van der Waals surface area contributed by atoms with Crippen LogP contribution in [0.2, 0.25) is 0 Å². The maximum Gasteiger partial charge on any atom is 0.326 e. The van der Waals surface area contributed by atoms with Crippen molar-refractivity contribution in [3.63, 3.8) is 0 Å². The van der Waals surface area contributed by atoms with Crippen LogP contribution in [-0.4, -0.2) is 53.1 Å². The molecule has 0 spiro atoms. The number of hydrogen-bond acceptors (Lipinski definition) is 5. The van der Waals surface area contributed by atoms with Gasteiger partial charge in [0.05, 0.1) is 18.5 Å². The van der Waals surface area contributed by atoms with Gasteiger partial charge in [0.25, 0.3) is 5.91 Å². The fourth-order valence-corrected chi connectivity index (χ4v) is 2.29. The number of carboxylic acid groups (broad SMARTS) is 1. The van der Waals surface area contributed by atoms with Crippen molar-refractivity contribution < 1.29 is 24.2 Å². The lowest BCUT2D eigenvalue weighted by Crippen LogP contribution is -2.44. The molecule has 8 nitrogen and oxygen atoms in total. The molecule has 140 valence electrons. The van der Waals surface area contributed by atoms with Crippen molar-refractivity contribution in [2.45, 2.75) is 19.9 Å². The minimum absolute atomic E-state index is 0.0249. The fraction of sp³-hybridized carbons (Fsp3) is 0.389. The van der Waals surface area contributed by atoms with Crippen LogP contribution in [-0.2, 0) is 9.53 Å². The van der Waals surface area contributed by atoms with Crippen molar-refractivity contribution in [3.8, 4) is 11.4 Å². The van der Waals surface area contributed by atoms with Crippen LogP contribution in [0.15, 0.2) is 36.5 Å². The smallest absolute Gasteiger partial charge is 0.326 e. The molecule has 0 saturated heterocycles. The number of carbonyl (C=O) groups excluding carboxylic acids is 1. The highest BCUT2D eigenvalue weighted by molar-refractivity contribution is 5.97. The van der Waals surface area contributed by atoms with Crippen LogP contribution < -0.4 is 10.1 Å². The Labute approximate surface area is 151 Å². The van der Waals surface area contributed by atoms with E-state index in [2.05, 4.69) is 10.4 Å². The third kappa shape index (κ3) is 4.82. The summed E-state index contributed by atoms with van der Waals surface area (Å²) in [5.74, 6) is -1.72. The zero-order chi connectivity index (χ0) is 19.1. The van der Waals surface area contributed by atoms with Gasteiger partial charge in [-0.3, -0.25) is 4.79 Å². The molecular weight excluding hydrogens is 338 g/mol. The molecule has 1 amide bonds. The molecule has 2 N–H and O–H groups in total. The van der Waals surface area contributed by atoms with Gasteiger partial charge in [-0.15, -0.1) is 0 Å². The van der Waals surface area contributed by atoms with Gasteiger partial charge in [-0.05, 0) is 18.1 Å². The van der Waals surface area contributed by atoms with Crippen molar-refractivity contribution in [2.24, 2.45) is 5.92 Å². The summed E-state index contributed by atoms with van der Waals surface area (Å²) < 4.78 is 12.1. The second-order valence-electron chi connectivity index (χ2n) is 6.00. The van der Waals surface area contributed by atoms with Crippen LogP contribution in [0.1, 0.15) is 24.3 Å². The van der Waals surface area contributed by atoms with Crippen molar-refractivity contribution in [1.29, 1.82) is 0 Å². The Bertz CT molecular complexity index is 743. The van der Waals surface area contributed by atoms with E-state index in [1.165, 1.54) is 4.68 Å². The quantitative estimate of drug-likeness (QED) is 0.660. The van der Waals surface area contributed by atoms with E-state index in [0.717, 1.165) is 5.69 Å². The predicted molar refractivity (Wildman–Crippen MR) is 94.7 cm³/mol. The molecule has 0 fully saturated rings. The second-order valence-corrected chi connectivity index (χ2v) is 6.00. The Balaban J connectivity index is 2.30. The van der Waals surface area contributed by atoms with E-state index < -0.39 is 17.9 Å². The Morgan fingerprint density at radius 2 is 1.92 bits per heavy atom. The van der Waals surface area contributed by atoms with E-state index in [0.29, 0.717) is 6.61 Å². The van der Waals surface area contributed by atoms with Gasteiger partial charge in [-0.2, -0.15) is 5.10 Å². The highest BCUT2D eigenvalue weighted by Gasteiger charge is 2.27. The van der Waals surface area contributed by atoms with E-state index in [9.17, 15) is 14.7 Å². The lowest BCUT2D eigenvalue weighted by molar-refractivity contribution is -0.140. The summed E-state index contributed by atoms with van der Waals surface area (Å²) in [5, 5.41) is 16.1. The van der Waals surface area contributed by atoms with Gasteiger partial charge < -0.3 is 19.9 Å². The minimum atomic E-state index is -1.10. The van der Waals surface area contributed by atoms with Gasteiger partial charge in [0.15, 0.2) is 11.4 Å². The van der Waals surface area contributed by atoms with Gasteiger partial charge in [-0.1, -0.05) is 32.0 Å². The molecule has 1 atom stereocenters. The summed E-state index contributed by atoms with van der Waals surface area (Å²) in [4.78, 5) is 23.9. The largest absolute Gasteiger partial charge is 0.487 e. The number of amides is 1. The van der Waals surface area contributed by atoms with Crippen LogP contribution >= 0.6 is 0 Å². The molecule has 0 aliphatic heterocycles. The number of aromatic nitrogens is 2. The van der Waals surface area contributed by atoms with E-state index >= 15 is 0 Å². The van der Waals surface area contributed by atoms with Gasteiger partial charge in [-0.25, -0.2) is 9.48 Å². The number of nitrogens with zero attached hydrogens (tertiary/aromatic N) is 2. The average molecular weight is 361 g/mol. The van der Waals surface area contributed by atoms with Crippen molar-refractivity contribution in [1.82, 2.24) is 15.1 Å². The molecule has 0 radical (unpaired) electrons. The monoisotopic (exact) mass is 361 g/mol. The van der Waals surface area contributed by atoms with E-state index in [1.807, 2.05) is 30.3 Å². The Kier molecular flexibility index (Phi) is 6.74. The molecule has 2 aromatic rings. The van der Waals surface area contributed by atoms with E-state index in [4.69, 9.17) is 9.47 Å². The average Bonchev–Trinajstić information content (AvgIpc) is 3.04. The third-order valence-corrected chi connectivity index (χ3v) is 3.68. The fourth-order valence-electron chi connectivity index (χ4n) is 2.29. The number of methoxy groups -OCH3 is 1. The minimum Gasteiger partial charge on any atom is -0.487 e. The summed E-state index contributed by atoms with van der Waals surface area (Å²) in [6, 6.07) is 8.22. The predicted octanol–water partition coefficient (Wildman–Crippen LogP) is 1.74. The molecule has 0 aliphatic carbocycles. The summed E-state index contributed by atoms with van der Waals surface area (Å²) in [7, 11) is 1.55. The molecule has 0 unspecified atom stereocenters. The number of benzene rings is 1. The summed E-state index contributed by atoms with van der Waals surface area (Å²) in [5.41, 5.74) is 0.777. The molecule has 1 heterocycles. The van der Waals surface area contributed by atoms with Crippen LogP contribution in [0.3, 0.4) is 0 Å². The number of ether oxygens (including phenoxy) is 2. The Hall–Kier alpha value is -2.87. The number of rotatable bonds is 9. The molecule has 0 aliphatic rings. The Morgan fingerprint density at radius 1 is 1.23 bits per heavy atom. The number of aliphatic carboxylic acids is 1. The van der Waals surface area contributed by atoms with Crippen LogP contribution in [0.5, 0.6) is 5.75 Å². The van der Waals surface area contributed by atoms with Crippen LogP contribution in [0.25, 0.3) is 5.69 Å². The standard InChI is InChI=1S/C18H23N3O5/c1-12(2)15(18(23)24)19-17(22)16-14(26-10-9-25-3)11-21(20-16)13-7-5-4-6-8-13/h4-8,11-12,15H,9-10H2,1-3H3,(H,19,22)(H,23,24)/t15-/m0/s1. The normalized spacial score (nSPS) is 12.0. The van der Waals surface area contributed by atoms with Crippen LogP contribution in [0, 0.1) is 5.92 Å². The molecular formula is C18H23N3O5. The lowest BCUT2D eigenvalue weighted by Gasteiger charge is -2.17. The number of carbonyl (C=O) groups is 2. The molecule has 26 heavy (non-hydrogen) atoms. The van der Waals surface area contributed by atoms with Gasteiger partial charge in [0.1, 0.15) is 12.6 Å². The third-order valence-electron chi connectivity index (χ3n) is 3.68. The maximum absolute atomic E-state index is 12.6. The zero-order valence-corrected chi connectivity index (χ0v) is 15.0. The molecule has 0 saturated carbocycles. The molecule has 2 rings (SSSR count). The van der Waals surface area contributed by atoms with Crippen LogP contribution in [0.4, 0.5) is 0 Å². The number of nitrogens with one attached hydrogen (secondary N) is 1. The first kappa shape index (κ1) is 19.5. The van der Waals surface area contributed by atoms with E-state index in [1.54, 1.807) is 27.2 Å². The molecule has 0 bridgehead atoms. The number of carboxylic acids is 1. The van der Waals surface area contributed by atoms with Crippen molar-refractivity contribution in [3.05, 3.63) is 42.2 Å². The SMILES string of the molecule is COCCOc1cn(-c2ccccc2)nc1C(=O)N[C@H](C(=O)O)C(C)C. The summed E-state index contributed by atoms with van der Waals surface area (Å²) in [6.45, 7) is 4.03. The highest BCUT2D eigenvalue weighted by atomic mass is 16.5. The Morgan fingerprint density at radius 3 is 2.50 bits per heavy atom. The van der Waals surface area contributed by atoms with Crippen molar-refractivity contribution in [2.75, 3.05) is 20.3 Å². The summed E-state index contributed by atoms with van der Waals surface area (Å²) >= 11 is 0. The number of hydrogen-bond donors (Lipinski definition) is 2. The second kappa shape index (κ2) is 9.00. The van der Waals surface area contributed by atoms with E-state index in [-0.39, 0.29) is 24.0 Å². The first-order valence-electron chi connectivity index (χ1n) is 8.24. The molecule has 1 aromatic heterocycles. The highest BCUT2D eigenvalue weighted by Crippen LogP contribution is 2.20. The lowest BCUT2D eigenvalue weighted by atomic mass is 10.0. The first-order chi connectivity index (χ1) is 12.4.